The van der Waals surface area contributed by atoms with Gasteiger partial charge in [0, 0.05) is 41.5 Å². The van der Waals surface area contributed by atoms with Gasteiger partial charge in [0.2, 0.25) is 0 Å². The van der Waals surface area contributed by atoms with Crippen LogP contribution in [0.15, 0.2) is 42.9 Å². The lowest BCUT2D eigenvalue weighted by molar-refractivity contribution is -0.00204. The molecule has 0 aliphatic carbocycles. The zero-order chi connectivity index (χ0) is 22.9. The molecule has 0 spiro atoms. The standard InChI is InChI=1S/C25H29N5O2/c1-4-20-22(18-6-8-21(26)27-14-18)23(29-15-28-20)17-5-7-19(16(2)13-17)24(31)30-11-9-25(3,32)10-12-30/h5-8,13-15,32H,4,9-12H2,1-3H3,(H2,26,27). The number of aromatic nitrogens is 3. The molecule has 1 aromatic carbocycles. The molecule has 0 unspecified atom stereocenters. The minimum atomic E-state index is -0.687. The Morgan fingerprint density at radius 3 is 2.47 bits per heavy atom. The van der Waals surface area contributed by atoms with E-state index < -0.39 is 5.60 Å². The van der Waals surface area contributed by atoms with Crippen LogP contribution in [0.1, 0.15) is 48.3 Å². The SMILES string of the molecule is CCc1ncnc(-c2ccc(C(=O)N3CCC(C)(O)CC3)c(C)c2)c1-c1ccc(N)nc1. The first-order valence-corrected chi connectivity index (χ1v) is 11.0. The second-order valence-corrected chi connectivity index (χ2v) is 8.69. The highest BCUT2D eigenvalue weighted by molar-refractivity contribution is 5.96. The van der Waals surface area contributed by atoms with Gasteiger partial charge in [0.15, 0.2) is 0 Å². The maximum atomic E-state index is 13.1. The Balaban J connectivity index is 1.69. The van der Waals surface area contributed by atoms with Crippen LogP contribution in [0.3, 0.4) is 0 Å². The third kappa shape index (κ3) is 4.34. The number of nitrogen functional groups attached to an aromatic ring is 1. The number of pyridine rings is 1. The summed E-state index contributed by atoms with van der Waals surface area (Å²) in [5.74, 6) is 0.465. The quantitative estimate of drug-likeness (QED) is 0.653. The highest BCUT2D eigenvalue weighted by atomic mass is 16.3. The smallest absolute Gasteiger partial charge is 0.254 e. The van der Waals surface area contributed by atoms with E-state index in [-0.39, 0.29) is 5.91 Å². The lowest BCUT2D eigenvalue weighted by Crippen LogP contribution is -2.45. The van der Waals surface area contributed by atoms with Gasteiger partial charge in [-0.15, -0.1) is 0 Å². The van der Waals surface area contributed by atoms with Crippen LogP contribution < -0.4 is 5.73 Å². The molecule has 1 aliphatic rings. The fourth-order valence-electron chi connectivity index (χ4n) is 4.18. The van der Waals surface area contributed by atoms with E-state index in [1.54, 1.807) is 18.6 Å². The lowest BCUT2D eigenvalue weighted by atomic mass is 9.92. The van der Waals surface area contributed by atoms with Crippen molar-refractivity contribution in [3.63, 3.8) is 0 Å². The number of benzene rings is 1. The van der Waals surface area contributed by atoms with E-state index in [2.05, 4.69) is 21.9 Å². The van der Waals surface area contributed by atoms with Crippen LogP contribution in [-0.4, -0.2) is 49.6 Å². The average Bonchev–Trinajstić information content (AvgIpc) is 2.78. The van der Waals surface area contributed by atoms with Crippen LogP contribution in [0, 0.1) is 6.92 Å². The van der Waals surface area contributed by atoms with Gasteiger partial charge >= 0.3 is 0 Å². The van der Waals surface area contributed by atoms with Crippen molar-refractivity contribution in [3.8, 4) is 22.4 Å². The Morgan fingerprint density at radius 1 is 1.12 bits per heavy atom. The molecule has 7 nitrogen and oxygen atoms in total. The molecule has 1 saturated heterocycles. The van der Waals surface area contributed by atoms with Gasteiger partial charge in [-0.25, -0.2) is 15.0 Å². The summed E-state index contributed by atoms with van der Waals surface area (Å²) >= 11 is 0. The van der Waals surface area contributed by atoms with Crippen molar-refractivity contribution >= 4 is 11.7 Å². The van der Waals surface area contributed by atoms with E-state index >= 15 is 0 Å². The topological polar surface area (TPSA) is 105 Å². The fourth-order valence-corrected chi connectivity index (χ4v) is 4.18. The van der Waals surface area contributed by atoms with Gasteiger partial charge in [0.1, 0.15) is 12.1 Å². The first-order valence-electron chi connectivity index (χ1n) is 11.0. The number of aryl methyl sites for hydroxylation is 2. The molecule has 3 heterocycles. The summed E-state index contributed by atoms with van der Waals surface area (Å²) in [5, 5.41) is 10.2. The molecule has 0 atom stereocenters. The van der Waals surface area contributed by atoms with Gasteiger partial charge < -0.3 is 15.7 Å². The molecule has 2 aromatic heterocycles. The number of aliphatic hydroxyl groups is 1. The van der Waals surface area contributed by atoms with Gasteiger partial charge in [-0.2, -0.15) is 0 Å². The van der Waals surface area contributed by atoms with Crippen LogP contribution in [0.25, 0.3) is 22.4 Å². The zero-order valence-electron chi connectivity index (χ0n) is 18.8. The number of carbonyl (C=O) groups is 1. The number of nitrogens with two attached hydrogens (primary N) is 1. The number of carbonyl (C=O) groups excluding carboxylic acids is 1. The molecule has 32 heavy (non-hydrogen) atoms. The lowest BCUT2D eigenvalue weighted by Gasteiger charge is -2.36. The summed E-state index contributed by atoms with van der Waals surface area (Å²) < 4.78 is 0. The molecule has 0 radical (unpaired) electrons. The van der Waals surface area contributed by atoms with Gasteiger partial charge in [0.25, 0.3) is 5.91 Å². The number of likely N-dealkylation sites (tertiary alicyclic amines) is 1. The molecule has 3 N–H and O–H groups in total. The Labute approximate surface area is 188 Å². The highest BCUT2D eigenvalue weighted by Gasteiger charge is 2.30. The summed E-state index contributed by atoms with van der Waals surface area (Å²) in [4.78, 5) is 28.2. The first-order chi connectivity index (χ1) is 15.3. The highest BCUT2D eigenvalue weighted by Crippen LogP contribution is 2.34. The van der Waals surface area contributed by atoms with Gasteiger partial charge in [-0.05, 0) is 62.9 Å². The third-order valence-corrected chi connectivity index (χ3v) is 6.19. The summed E-state index contributed by atoms with van der Waals surface area (Å²) in [7, 11) is 0. The second kappa shape index (κ2) is 8.67. The molecule has 3 aromatic rings. The van der Waals surface area contributed by atoms with Crippen molar-refractivity contribution in [3.05, 3.63) is 59.7 Å². The Morgan fingerprint density at radius 2 is 1.84 bits per heavy atom. The zero-order valence-corrected chi connectivity index (χ0v) is 18.8. The summed E-state index contributed by atoms with van der Waals surface area (Å²) in [6.45, 7) is 6.96. The summed E-state index contributed by atoms with van der Waals surface area (Å²) in [6, 6.07) is 9.52. The molecule has 1 amide bonds. The molecule has 7 heteroatoms. The largest absolute Gasteiger partial charge is 0.390 e. The minimum absolute atomic E-state index is 0.00411. The molecule has 166 valence electrons. The maximum Gasteiger partial charge on any atom is 0.254 e. The van der Waals surface area contributed by atoms with E-state index in [0.717, 1.165) is 40.1 Å². The van der Waals surface area contributed by atoms with Gasteiger partial charge in [-0.1, -0.05) is 13.0 Å². The van der Waals surface area contributed by atoms with Gasteiger partial charge in [0.05, 0.1) is 17.0 Å². The summed E-state index contributed by atoms with van der Waals surface area (Å²) in [5.41, 5.74) is 11.1. The minimum Gasteiger partial charge on any atom is -0.390 e. The third-order valence-electron chi connectivity index (χ3n) is 6.19. The van der Waals surface area contributed by atoms with Crippen molar-refractivity contribution < 1.29 is 9.90 Å². The number of hydrogen-bond acceptors (Lipinski definition) is 6. The van der Waals surface area contributed by atoms with Crippen molar-refractivity contribution in [2.45, 2.75) is 45.6 Å². The first kappa shape index (κ1) is 21.9. The number of amides is 1. The van der Waals surface area contributed by atoms with E-state index in [4.69, 9.17) is 5.73 Å². The van der Waals surface area contributed by atoms with E-state index in [9.17, 15) is 9.90 Å². The van der Waals surface area contributed by atoms with Gasteiger partial charge in [-0.3, -0.25) is 4.79 Å². The van der Waals surface area contributed by atoms with Crippen LogP contribution in [-0.2, 0) is 6.42 Å². The second-order valence-electron chi connectivity index (χ2n) is 8.69. The fraction of sp³-hybridized carbons (Fsp3) is 0.360. The van der Waals surface area contributed by atoms with Crippen LogP contribution in [0.4, 0.5) is 5.82 Å². The number of rotatable bonds is 4. The average molecular weight is 432 g/mol. The van der Waals surface area contributed by atoms with Crippen molar-refractivity contribution in [1.82, 2.24) is 19.9 Å². The van der Waals surface area contributed by atoms with Crippen molar-refractivity contribution in [1.29, 1.82) is 0 Å². The number of piperidine rings is 1. The molecule has 0 saturated carbocycles. The molecule has 4 rings (SSSR count). The molecule has 1 fully saturated rings. The Bertz CT molecular complexity index is 1130. The van der Waals surface area contributed by atoms with E-state index in [0.29, 0.717) is 37.3 Å². The molecular weight excluding hydrogens is 402 g/mol. The predicted octanol–water partition coefficient (Wildman–Crippen LogP) is 3.65. The van der Waals surface area contributed by atoms with Crippen molar-refractivity contribution in [2.24, 2.45) is 0 Å². The van der Waals surface area contributed by atoms with Crippen LogP contribution >= 0.6 is 0 Å². The number of hydrogen-bond donors (Lipinski definition) is 2. The maximum absolute atomic E-state index is 13.1. The van der Waals surface area contributed by atoms with E-state index in [1.807, 2.05) is 43.0 Å². The van der Waals surface area contributed by atoms with Crippen molar-refractivity contribution in [2.75, 3.05) is 18.8 Å². The molecular formula is C25H29N5O2. The number of nitrogens with zero attached hydrogens (tertiary/aromatic N) is 4. The normalized spacial score (nSPS) is 15.6. The van der Waals surface area contributed by atoms with Crippen LogP contribution in [0.2, 0.25) is 0 Å². The Kier molecular flexibility index (Phi) is 5.93. The molecule has 1 aliphatic heterocycles. The van der Waals surface area contributed by atoms with Crippen LogP contribution in [0.5, 0.6) is 0 Å². The Hall–Kier alpha value is -3.32. The molecule has 0 bridgehead atoms. The predicted molar refractivity (Wildman–Crippen MR) is 125 cm³/mol. The number of anilines is 1. The monoisotopic (exact) mass is 431 g/mol. The summed E-state index contributed by atoms with van der Waals surface area (Å²) in [6.07, 6.45) is 5.26. The van der Waals surface area contributed by atoms with E-state index in [1.165, 1.54) is 0 Å².